The van der Waals surface area contributed by atoms with Crippen LogP contribution < -0.4 is 5.32 Å². The van der Waals surface area contributed by atoms with Crippen LogP contribution in [0.25, 0.3) is 0 Å². The number of aliphatic hydroxyl groups is 4. The van der Waals surface area contributed by atoms with E-state index in [1.54, 1.807) is 0 Å². The van der Waals surface area contributed by atoms with Crippen LogP contribution in [0.3, 0.4) is 0 Å². The first-order valence-corrected chi connectivity index (χ1v) is 15.1. The maximum Gasteiger partial charge on any atom is 0.223 e. The van der Waals surface area contributed by atoms with Crippen molar-refractivity contribution >= 4 is 5.91 Å². The largest absolute Gasteiger partial charge is 0.400 e. The van der Waals surface area contributed by atoms with Gasteiger partial charge in [-0.1, -0.05) is 101 Å². The van der Waals surface area contributed by atoms with Gasteiger partial charge in [0, 0.05) is 32.8 Å². The molecule has 0 saturated heterocycles. The first-order chi connectivity index (χ1) is 18.4. The molecule has 0 aromatic heterocycles. The molecule has 8 nitrogen and oxygen atoms in total. The van der Waals surface area contributed by atoms with Gasteiger partial charge in [-0.05, 0) is 26.7 Å². The molecule has 38 heavy (non-hydrogen) atoms. The van der Waals surface area contributed by atoms with Crippen LogP contribution in [0, 0.1) is 5.92 Å². The number of carbonyl (C=O) groups is 1. The summed E-state index contributed by atoms with van der Waals surface area (Å²) in [5.74, 6) is 0.219. The van der Waals surface area contributed by atoms with E-state index in [9.17, 15) is 4.79 Å². The summed E-state index contributed by atoms with van der Waals surface area (Å²) in [4.78, 5) is 11.4. The fraction of sp³-hybridized carbons (Fsp3) is 0.967. The average molecular weight is 562 g/mol. The Morgan fingerprint density at radius 2 is 1.05 bits per heavy atom. The number of carbonyl (C=O) groups excluding carboxylic acids is 1. The Kier molecular flexibility index (Phi) is 125. The van der Waals surface area contributed by atoms with Crippen molar-refractivity contribution in [1.82, 2.24) is 5.32 Å². The van der Waals surface area contributed by atoms with E-state index in [0.717, 1.165) is 59.2 Å². The summed E-state index contributed by atoms with van der Waals surface area (Å²) >= 11 is 0. The van der Waals surface area contributed by atoms with Crippen LogP contribution in [0.1, 0.15) is 128 Å². The summed E-state index contributed by atoms with van der Waals surface area (Å²) in [5, 5.41) is 33.5. The number of hydrogen-bond acceptors (Lipinski definition) is 7. The number of hydrogen-bond donors (Lipinski definition) is 5. The Balaban J connectivity index is -0.0000000515. The number of ether oxygens (including phenoxy) is 2. The Morgan fingerprint density at radius 1 is 0.684 bits per heavy atom. The summed E-state index contributed by atoms with van der Waals surface area (Å²) in [7, 11) is 1.00. The summed E-state index contributed by atoms with van der Waals surface area (Å²) in [6.07, 6.45) is 7.97. The maximum absolute atomic E-state index is 11.4. The number of amides is 1. The van der Waals surface area contributed by atoms with Crippen LogP contribution in [-0.4, -0.2) is 86.2 Å². The van der Waals surface area contributed by atoms with Gasteiger partial charge in [0.2, 0.25) is 5.91 Å². The monoisotopic (exact) mass is 562 g/mol. The van der Waals surface area contributed by atoms with Gasteiger partial charge in [0.05, 0.1) is 33.0 Å². The number of aliphatic hydroxyl groups excluding tert-OH is 4. The van der Waals surface area contributed by atoms with Crippen molar-refractivity contribution in [3.63, 3.8) is 0 Å². The van der Waals surface area contributed by atoms with E-state index in [1.165, 1.54) is 19.3 Å². The first-order valence-electron chi connectivity index (χ1n) is 15.1. The fourth-order valence-electron chi connectivity index (χ4n) is 1.70. The molecule has 242 valence electrons. The van der Waals surface area contributed by atoms with Crippen molar-refractivity contribution in [3.8, 4) is 0 Å². The summed E-state index contributed by atoms with van der Waals surface area (Å²) in [6.45, 7) is 27.9. The molecule has 0 aliphatic heterocycles. The quantitative estimate of drug-likeness (QED) is 0.159. The van der Waals surface area contributed by atoms with E-state index in [-0.39, 0.29) is 31.6 Å². The normalized spacial score (nSPS) is 8.87. The zero-order chi connectivity index (χ0) is 31.9. The highest BCUT2D eigenvalue weighted by Crippen LogP contribution is 2.12. The molecule has 0 radical (unpaired) electrons. The SMILES string of the molecule is CC.CC.CCC.CCCC.CCCC[C@H](CC)C(=O)NCCO.CCOCCOCC.CO.OCCO. The molecule has 0 unspecified atom stereocenters. The van der Waals surface area contributed by atoms with Crippen LogP contribution in [-0.2, 0) is 14.3 Å². The summed E-state index contributed by atoms with van der Waals surface area (Å²) in [5.41, 5.74) is 0. The van der Waals surface area contributed by atoms with Gasteiger partial charge in [0.15, 0.2) is 0 Å². The van der Waals surface area contributed by atoms with Crippen molar-refractivity contribution < 1.29 is 34.7 Å². The van der Waals surface area contributed by atoms with E-state index in [1.807, 2.05) is 48.5 Å². The van der Waals surface area contributed by atoms with Crippen LogP contribution in [0.2, 0.25) is 0 Å². The molecule has 0 saturated carbocycles. The van der Waals surface area contributed by atoms with Crippen LogP contribution in [0.5, 0.6) is 0 Å². The Morgan fingerprint density at radius 3 is 1.26 bits per heavy atom. The molecule has 1 atom stereocenters. The zero-order valence-electron chi connectivity index (χ0n) is 28.2. The minimum Gasteiger partial charge on any atom is -0.400 e. The second-order valence-electron chi connectivity index (χ2n) is 6.81. The molecule has 0 bridgehead atoms. The predicted octanol–water partition coefficient (Wildman–Crippen LogP) is 6.23. The molecule has 0 aliphatic carbocycles. The molecule has 5 N–H and O–H groups in total. The second kappa shape index (κ2) is 83.3. The molecule has 1 amide bonds. The third-order valence-corrected chi connectivity index (χ3v) is 3.56. The number of unbranched alkanes of at least 4 members (excludes halogenated alkanes) is 2. The molecular formula is C30H75NO7. The highest BCUT2D eigenvalue weighted by Gasteiger charge is 2.14. The highest BCUT2D eigenvalue weighted by molar-refractivity contribution is 5.78. The van der Waals surface area contributed by atoms with E-state index < -0.39 is 0 Å². The summed E-state index contributed by atoms with van der Waals surface area (Å²) < 4.78 is 10.0. The van der Waals surface area contributed by atoms with Gasteiger partial charge in [0.25, 0.3) is 0 Å². The van der Waals surface area contributed by atoms with Gasteiger partial charge in [-0.25, -0.2) is 0 Å². The van der Waals surface area contributed by atoms with Gasteiger partial charge in [0.1, 0.15) is 0 Å². The van der Waals surface area contributed by atoms with Crippen molar-refractivity contribution in [2.45, 2.75) is 128 Å². The predicted molar refractivity (Wildman–Crippen MR) is 168 cm³/mol. The zero-order valence-corrected chi connectivity index (χ0v) is 28.2. The molecule has 0 fully saturated rings. The highest BCUT2D eigenvalue weighted by atomic mass is 16.5. The maximum atomic E-state index is 11.4. The lowest BCUT2D eigenvalue weighted by Gasteiger charge is -2.13. The molecule has 0 aliphatic rings. The summed E-state index contributed by atoms with van der Waals surface area (Å²) in [6, 6.07) is 0. The van der Waals surface area contributed by atoms with Crippen LogP contribution >= 0.6 is 0 Å². The molecule has 0 rings (SSSR count). The minimum atomic E-state index is -0.125. The molecule has 0 aromatic rings. The minimum absolute atomic E-state index is 0.0238. The van der Waals surface area contributed by atoms with E-state index >= 15 is 0 Å². The lowest BCUT2D eigenvalue weighted by molar-refractivity contribution is -0.125. The van der Waals surface area contributed by atoms with Gasteiger partial charge in [-0.2, -0.15) is 0 Å². The average Bonchev–Trinajstić information content (AvgIpc) is 2.98. The fourth-order valence-corrected chi connectivity index (χ4v) is 1.70. The van der Waals surface area contributed by atoms with Gasteiger partial charge < -0.3 is 35.2 Å². The van der Waals surface area contributed by atoms with Gasteiger partial charge >= 0.3 is 0 Å². The number of nitrogens with one attached hydrogen (secondary N) is 1. The smallest absolute Gasteiger partial charge is 0.223 e. The third kappa shape index (κ3) is 101. The number of rotatable bonds is 14. The first kappa shape index (κ1) is 57.2. The van der Waals surface area contributed by atoms with E-state index in [4.69, 9.17) is 29.9 Å². The standard InChI is InChI=1S/C10H21NO2.C6H14O2.C4H10.C3H8.C2H6O2.2C2H6.CH4O/c1-3-5-6-9(4-2)10(13)11-7-8-12;1-3-7-5-6-8-4-2;1-3-4-2;1-3-2;3-1-2-4;3*1-2/h9,12H,3-8H2,1-2H3,(H,11,13);3-6H2,1-2H3;3-4H2,1-2H3;3H2,1-2H3;3-4H,1-2H2;2*1-2H3;2H,1H3/t9-;;;;;;;/m0......./s1. The van der Waals surface area contributed by atoms with Crippen LogP contribution in [0.4, 0.5) is 0 Å². The topological polar surface area (TPSA) is 128 Å². The Hall–Kier alpha value is -0.770. The molecular weight excluding hydrogens is 486 g/mol. The van der Waals surface area contributed by atoms with Crippen molar-refractivity contribution in [1.29, 1.82) is 0 Å². The van der Waals surface area contributed by atoms with E-state index in [2.05, 4.69) is 39.9 Å². The van der Waals surface area contributed by atoms with Crippen molar-refractivity contribution in [3.05, 3.63) is 0 Å². The Labute approximate surface area is 239 Å². The van der Waals surface area contributed by atoms with Gasteiger partial charge in [-0.15, -0.1) is 0 Å². The van der Waals surface area contributed by atoms with Crippen LogP contribution in [0.15, 0.2) is 0 Å². The Bertz CT molecular complexity index is 271. The molecule has 0 heterocycles. The van der Waals surface area contributed by atoms with Crippen molar-refractivity contribution in [2.75, 3.05) is 59.9 Å². The molecule has 0 spiro atoms. The van der Waals surface area contributed by atoms with Crippen molar-refractivity contribution in [2.24, 2.45) is 5.92 Å². The lowest BCUT2D eigenvalue weighted by Crippen LogP contribution is -2.32. The lowest BCUT2D eigenvalue weighted by atomic mass is 9.98. The van der Waals surface area contributed by atoms with E-state index in [0.29, 0.717) is 6.54 Å². The third-order valence-electron chi connectivity index (χ3n) is 3.56. The molecule has 0 aromatic carbocycles. The molecule has 8 heteroatoms. The van der Waals surface area contributed by atoms with Gasteiger partial charge in [-0.3, -0.25) is 4.79 Å². The second-order valence-corrected chi connectivity index (χ2v) is 6.81.